The number of nitrogens with one attached hydrogen (secondary N) is 1. The maximum Gasteiger partial charge on any atom is 0.340 e. The monoisotopic (exact) mass is 424 g/mol. The number of benzene rings is 1. The maximum atomic E-state index is 13.3. The lowest BCUT2D eigenvalue weighted by molar-refractivity contribution is -0.119. The maximum absolute atomic E-state index is 13.3. The number of esters is 1. The number of nitriles is 1. The fourth-order valence-electron chi connectivity index (χ4n) is 3.01. The molecule has 1 aliphatic rings. The van der Waals surface area contributed by atoms with E-state index in [4.69, 9.17) is 16.3 Å². The van der Waals surface area contributed by atoms with Gasteiger partial charge in [-0.2, -0.15) is 5.26 Å². The van der Waals surface area contributed by atoms with Gasteiger partial charge < -0.3 is 10.1 Å². The number of rotatable bonds is 4. The zero-order chi connectivity index (χ0) is 20.4. The highest BCUT2D eigenvalue weighted by Gasteiger charge is 2.25. The van der Waals surface area contributed by atoms with Crippen LogP contribution in [-0.4, -0.2) is 18.5 Å². The first-order valence-electron chi connectivity index (χ1n) is 8.46. The summed E-state index contributed by atoms with van der Waals surface area (Å²) < 4.78 is 31.2. The van der Waals surface area contributed by atoms with Crippen LogP contribution in [0.5, 0.6) is 0 Å². The van der Waals surface area contributed by atoms with Gasteiger partial charge in [-0.1, -0.05) is 18.5 Å². The molecule has 28 heavy (non-hydrogen) atoms. The summed E-state index contributed by atoms with van der Waals surface area (Å²) in [5.41, 5.74) is 1.02. The molecule has 0 fully saturated rings. The Hall–Kier alpha value is -2.50. The van der Waals surface area contributed by atoms with Crippen molar-refractivity contribution in [3.05, 3.63) is 50.4 Å². The van der Waals surface area contributed by atoms with Gasteiger partial charge in [-0.15, -0.1) is 11.3 Å². The van der Waals surface area contributed by atoms with Crippen LogP contribution in [0.1, 0.15) is 39.7 Å². The summed E-state index contributed by atoms with van der Waals surface area (Å²) in [7, 11) is 0. The predicted molar refractivity (Wildman–Crippen MR) is 101 cm³/mol. The predicted octanol–water partition coefficient (Wildman–Crippen LogP) is 4.47. The molecule has 0 bridgehead atoms. The summed E-state index contributed by atoms with van der Waals surface area (Å²) >= 11 is 7.06. The molecule has 0 spiro atoms. The smallest absolute Gasteiger partial charge is 0.340 e. The zero-order valence-corrected chi connectivity index (χ0v) is 16.3. The van der Waals surface area contributed by atoms with Crippen LogP contribution in [0, 0.1) is 28.9 Å². The number of thiophene rings is 1. The van der Waals surface area contributed by atoms with Crippen molar-refractivity contribution in [1.82, 2.24) is 0 Å². The second-order valence-corrected chi connectivity index (χ2v) is 8.05. The Kier molecular flexibility index (Phi) is 5.96. The van der Waals surface area contributed by atoms with Crippen molar-refractivity contribution >= 4 is 39.8 Å². The first kappa shape index (κ1) is 20.2. The highest BCUT2D eigenvalue weighted by atomic mass is 35.5. The molecule has 1 aromatic carbocycles. The highest BCUT2D eigenvalue weighted by molar-refractivity contribution is 7.16. The Morgan fingerprint density at radius 2 is 2.11 bits per heavy atom. The fourth-order valence-corrected chi connectivity index (χ4v) is 4.61. The number of nitrogens with zero attached hydrogens (tertiary/aromatic N) is 1. The van der Waals surface area contributed by atoms with Crippen molar-refractivity contribution in [2.75, 3.05) is 11.9 Å². The molecule has 1 N–H and O–H groups in total. The Morgan fingerprint density at radius 1 is 1.39 bits per heavy atom. The summed E-state index contributed by atoms with van der Waals surface area (Å²) in [6.45, 7) is 1.48. The highest BCUT2D eigenvalue weighted by Crippen LogP contribution is 2.39. The molecule has 1 amide bonds. The average molecular weight is 425 g/mol. The molecule has 3 rings (SSSR count). The van der Waals surface area contributed by atoms with Crippen LogP contribution in [0.3, 0.4) is 0 Å². The van der Waals surface area contributed by atoms with Crippen LogP contribution in [0.2, 0.25) is 5.02 Å². The van der Waals surface area contributed by atoms with Crippen molar-refractivity contribution in [3.63, 3.8) is 0 Å². The molecule has 2 aromatic rings. The van der Waals surface area contributed by atoms with E-state index in [2.05, 4.69) is 18.3 Å². The zero-order valence-electron chi connectivity index (χ0n) is 14.8. The third-order valence-electron chi connectivity index (χ3n) is 4.44. The molecule has 1 heterocycles. The number of hydrogen-bond acceptors (Lipinski definition) is 5. The standard InChI is InChI=1S/C19H15ClF2N2O3S/c1-9-2-3-10-12(7-23)18(28-16(10)4-9)24-17(25)8-27-19(26)11-5-14(21)15(22)6-13(11)20/h5-6,9H,2-4,8H2,1H3,(H,24,25). The van der Waals surface area contributed by atoms with E-state index in [-0.39, 0.29) is 10.6 Å². The van der Waals surface area contributed by atoms with Gasteiger partial charge in [0.05, 0.1) is 16.1 Å². The van der Waals surface area contributed by atoms with Gasteiger partial charge in [0.2, 0.25) is 0 Å². The van der Waals surface area contributed by atoms with Crippen LogP contribution in [0.15, 0.2) is 12.1 Å². The van der Waals surface area contributed by atoms with Gasteiger partial charge in [-0.05, 0) is 42.9 Å². The van der Waals surface area contributed by atoms with E-state index in [1.54, 1.807) is 0 Å². The second-order valence-electron chi connectivity index (χ2n) is 6.54. The molecule has 0 saturated heterocycles. The molecule has 0 aliphatic heterocycles. The number of amides is 1. The third-order valence-corrected chi connectivity index (χ3v) is 5.92. The van der Waals surface area contributed by atoms with E-state index in [9.17, 15) is 23.6 Å². The minimum atomic E-state index is -1.25. The van der Waals surface area contributed by atoms with Gasteiger partial charge in [-0.25, -0.2) is 13.6 Å². The van der Waals surface area contributed by atoms with E-state index >= 15 is 0 Å². The van der Waals surface area contributed by atoms with Crippen molar-refractivity contribution in [1.29, 1.82) is 5.26 Å². The number of halogens is 3. The molecule has 1 atom stereocenters. The third kappa shape index (κ3) is 4.16. The minimum absolute atomic E-state index is 0.323. The number of hydrogen-bond donors (Lipinski definition) is 1. The SMILES string of the molecule is CC1CCc2c(sc(NC(=O)COC(=O)c3cc(F)c(F)cc3Cl)c2C#N)C1. The van der Waals surface area contributed by atoms with Gasteiger partial charge in [0, 0.05) is 4.88 Å². The molecular formula is C19H15ClF2N2O3S. The molecule has 0 saturated carbocycles. The van der Waals surface area contributed by atoms with Crippen molar-refractivity contribution in [2.45, 2.75) is 26.2 Å². The normalized spacial score (nSPS) is 15.5. The first-order chi connectivity index (χ1) is 13.3. The van der Waals surface area contributed by atoms with E-state index < -0.39 is 30.1 Å². The topological polar surface area (TPSA) is 79.2 Å². The summed E-state index contributed by atoms with van der Waals surface area (Å²) in [6, 6.07) is 3.39. The van der Waals surface area contributed by atoms with Crippen LogP contribution in [0.4, 0.5) is 13.8 Å². The van der Waals surface area contributed by atoms with Gasteiger partial charge in [0.1, 0.15) is 11.1 Å². The van der Waals surface area contributed by atoms with E-state index in [0.29, 0.717) is 28.6 Å². The van der Waals surface area contributed by atoms with Crippen molar-refractivity contribution in [3.8, 4) is 6.07 Å². The van der Waals surface area contributed by atoms with E-state index in [1.807, 2.05) is 0 Å². The van der Waals surface area contributed by atoms with Crippen LogP contribution in [-0.2, 0) is 22.4 Å². The minimum Gasteiger partial charge on any atom is -0.452 e. The summed E-state index contributed by atoms with van der Waals surface area (Å²) in [4.78, 5) is 25.2. The fraction of sp³-hybridized carbons (Fsp3) is 0.316. The lowest BCUT2D eigenvalue weighted by Gasteiger charge is -2.17. The van der Waals surface area contributed by atoms with Gasteiger partial charge in [0.15, 0.2) is 18.2 Å². The quantitative estimate of drug-likeness (QED) is 0.580. The first-order valence-corrected chi connectivity index (χ1v) is 9.65. The largest absolute Gasteiger partial charge is 0.452 e. The Balaban J connectivity index is 1.66. The average Bonchev–Trinajstić information content (AvgIpc) is 2.98. The lowest BCUT2D eigenvalue weighted by Crippen LogP contribution is -2.21. The van der Waals surface area contributed by atoms with Crippen LogP contribution >= 0.6 is 22.9 Å². The van der Waals surface area contributed by atoms with Gasteiger partial charge >= 0.3 is 5.97 Å². The Morgan fingerprint density at radius 3 is 2.82 bits per heavy atom. The Bertz CT molecular complexity index is 1000. The number of carbonyl (C=O) groups is 2. The van der Waals surface area contributed by atoms with Crippen molar-refractivity contribution in [2.24, 2.45) is 5.92 Å². The molecule has 0 radical (unpaired) electrons. The van der Waals surface area contributed by atoms with Crippen LogP contribution < -0.4 is 5.32 Å². The summed E-state index contributed by atoms with van der Waals surface area (Å²) in [5, 5.41) is 12.1. The summed E-state index contributed by atoms with van der Waals surface area (Å²) in [6.07, 6.45) is 2.63. The Labute approximate surface area is 168 Å². The molecular weight excluding hydrogens is 410 g/mol. The number of ether oxygens (including phenoxy) is 1. The molecule has 146 valence electrons. The molecule has 9 heteroatoms. The molecule has 5 nitrogen and oxygen atoms in total. The number of anilines is 1. The number of fused-ring (bicyclic) bond motifs is 1. The second kappa shape index (κ2) is 8.25. The number of carbonyl (C=O) groups excluding carboxylic acids is 2. The summed E-state index contributed by atoms with van der Waals surface area (Å²) in [5.74, 6) is -3.63. The van der Waals surface area contributed by atoms with Crippen LogP contribution in [0.25, 0.3) is 0 Å². The van der Waals surface area contributed by atoms with E-state index in [1.165, 1.54) is 11.3 Å². The van der Waals surface area contributed by atoms with Crippen molar-refractivity contribution < 1.29 is 23.1 Å². The van der Waals surface area contributed by atoms with Gasteiger partial charge in [0.25, 0.3) is 5.91 Å². The van der Waals surface area contributed by atoms with Gasteiger partial charge in [-0.3, -0.25) is 4.79 Å². The lowest BCUT2D eigenvalue weighted by atomic mass is 9.89. The van der Waals surface area contributed by atoms with E-state index in [0.717, 1.165) is 29.7 Å². The molecule has 1 aromatic heterocycles. The molecule has 1 aliphatic carbocycles. The molecule has 1 unspecified atom stereocenters.